The summed E-state index contributed by atoms with van der Waals surface area (Å²) in [5.41, 5.74) is 6.60. The zero-order chi connectivity index (χ0) is 13.5. The molecule has 0 bridgehead atoms. The molecule has 104 valence electrons. The van der Waals surface area contributed by atoms with Crippen molar-refractivity contribution in [2.24, 2.45) is 11.7 Å². The first-order valence-corrected chi connectivity index (χ1v) is 7.17. The van der Waals surface area contributed by atoms with Gasteiger partial charge in [0, 0.05) is 31.4 Å². The van der Waals surface area contributed by atoms with Gasteiger partial charge in [0.15, 0.2) is 0 Å². The lowest BCUT2D eigenvalue weighted by Gasteiger charge is -2.32. The fourth-order valence-corrected chi connectivity index (χ4v) is 2.70. The third-order valence-corrected chi connectivity index (χ3v) is 3.77. The van der Waals surface area contributed by atoms with Crippen LogP contribution >= 0.6 is 0 Å². The second-order valence-corrected chi connectivity index (χ2v) is 5.25. The molecule has 0 saturated carbocycles. The van der Waals surface area contributed by atoms with E-state index in [-0.39, 0.29) is 5.91 Å². The summed E-state index contributed by atoms with van der Waals surface area (Å²) in [6.07, 6.45) is 6.42. The maximum Gasteiger partial charge on any atom is 0.222 e. The highest BCUT2D eigenvalue weighted by molar-refractivity contribution is 5.76. The zero-order valence-corrected chi connectivity index (χ0v) is 11.4. The lowest BCUT2D eigenvalue weighted by molar-refractivity contribution is -0.133. The zero-order valence-electron chi connectivity index (χ0n) is 11.4. The predicted octanol–water partition coefficient (Wildman–Crippen LogP) is 1.60. The predicted molar refractivity (Wildman–Crippen MR) is 75.5 cm³/mol. The van der Waals surface area contributed by atoms with Crippen LogP contribution in [0.1, 0.15) is 31.4 Å². The van der Waals surface area contributed by atoms with Crippen LogP contribution in [0.25, 0.3) is 0 Å². The highest BCUT2D eigenvalue weighted by Crippen LogP contribution is 2.19. The topological polar surface area (TPSA) is 59.2 Å². The molecule has 1 aromatic rings. The van der Waals surface area contributed by atoms with Gasteiger partial charge in [-0.25, -0.2) is 0 Å². The Morgan fingerprint density at radius 2 is 2.37 bits per heavy atom. The molecular weight excluding hydrogens is 238 g/mol. The smallest absolute Gasteiger partial charge is 0.222 e. The van der Waals surface area contributed by atoms with E-state index in [0.29, 0.717) is 12.3 Å². The van der Waals surface area contributed by atoms with Crippen molar-refractivity contribution in [3.05, 3.63) is 30.1 Å². The van der Waals surface area contributed by atoms with Gasteiger partial charge in [0.2, 0.25) is 5.91 Å². The Balaban J connectivity index is 1.79. The van der Waals surface area contributed by atoms with Gasteiger partial charge in [-0.2, -0.15) is 0 Å². The normalized spacial score (nSPS) is 19.4. The first-order valence-electron chi connectivity index (χ1n) is 7.17. The van der Waals surface area contributed by atoms with Gasteiger partial charge in [-0.05, 0) is 50.3 Å². The van der Waals surface area contributed by atoms with Crippen LogP contribution in [-0.2, 0) is 11.2 Å². The monoisotopic (exact) mass is 261 g/mol. The van der Waals surface area contributed by atoms with Gasteiger partial charge in [-0.3, -0.25) is 9.78 Å². The SMILES string of the molecule is NCCC1CCCN(C(=O)CCc2ccccn2)C1. The molecule has 2 N–H and O–H groups in total. The number of aromatic nitrogens is 1. The van der Waals surface area contributed by atoms with Crippen molar-refractivity contribution >= 4 is 5.91 Å². The molecule has 0 radical (unpaired) electrons. The molecule has 0 aromatic carbocycles. The van der Waals surface area contributed by atoms with Crippen LogP contribution in [0.3, 0.4) is 0 Å². The summed E-state index contributed by atoms with van der Waals surface area (Å²) >= 11 is 0. The fourth-order valence-electron chi connectivity index (χ4n) is 2.70. The van der Waals surface area contributed by atoms with E-state index in [4.69, 9.17) is 5.73 Å². The second-order valence-electron chi connectivity index (χ2n) is 5.25. The quantitative estimate of drug-likeness (QED) is 0.876. The molecule has 1 aromatic heterocycles. The standard InChI is InChI=1S/C15H23N3O/c16-9-8-13-4-3-11-18(12-13)15(19)7-6-14-5-1-2-10-17-14/h1-2,5,10,13H,3-4,6-9,11-12,16H2. The number of amides is 1. The van der Waals surface area contributed by atoms with Crippen LogP contribution in [-0.4, -0.2) is 35.4 Å². The minimum atomic E-state index is 0.257. The molecule has 1 amide bonds. The molecule has 0 aliphatic carbocycles. The van der Waals surface area contributed by atoms with Gasteiger partial charge in [0.25, 0.3) is 0 Å². The van der Waals surface area contributed by atoms with Gasteiger partial charge >= 0.3 is 0 Å². The summed E-state index contributed by atoms with van der Waals surface area (Å²) in [4.78, 5) is 18.4. The van der Waals surface area contributed by atoms with Crippen molar-refractivity contribution in [2.45, 2.75) is 32.1 Å². The van der Waals surface area contributed by atoms with E-state index in [1.54, 1.807) is 6.20 Å². The molecule has 1 saturated heterocycles. The first kappa shape index (κ1) is 14.0. The molecule has 1 unspecified atom stereocenters. The van der Waals surface area contributed by atoms with Gasteiger partial charge in [-0.15, -0.1) is 0 Å². The van der Waals surface area contributed by atoms with Crippen LogP contribution in [0.2, 0.25) is 0 Å². The number of hydrogen-bond acceptors (Lipinski definition) is 3. The molecule has 1 aliphatic rings. The largest absolute Gasteiger partial charge is 0.342 e. The molecule has 2 rings (SSSR count). The number of nitrogens with zero attached hydrogens (tertiary/aromatic N) is 2. The van der Waals surface area contributed by atoms with E-state index in [9.17, 15) is 4.79 Å². The number of hydrogen-bond donors (Lipinski definition) is 1. The Morgan fingerprint density at radius 3 is 3.11 bits per heavy atom. The van der Waals surface area contributed by atoms with E-state index < -0.39 is 0 Å². The molecule has 1 fully saturated rings. The van der Waals surface area contributed by atoms with Crippen LogP contribution in [0.5, 0.6) is 0 Å². The second kappa shape index (κ2) is 7.24. The molecule has 19 heavy (non-hydrogen) atoms. The lowest BCUT2D eigenvalue weighted by Crippen LogP contribution is -2.40. The number of pyridine rings is 1. The third kappa shape index (κ3) is 4.31. The first-order chi connectivity index (χ1) is 9.29. The molecule has 0 spiro atoms. The Labute approximate surface area is 115 Å². The number of likely N-dealkylation sites (tertiary alicyclic amines) is 1. The average Bonchev–Trinajstić information content (AvgIpc) is 2.46. The van der Waals surface area contributed by atoms with Crippen molar-refractivity contribution < 1.29 is 4.79 Å². The Bertz CT molecular complexity index is 392. The van der Waals surface area contributed by atoms with Crippen LogP contribution < -0.4 is 5.73 Å². The summed E-state index contributed by atoms with van der Waals surface area (Å²) in [7, 11) is 0. The van der Waals surface area contributed by atoms with E-state index in [1.165, 1.54) is 6.42 Å². The number of carbonyl (C=O) groups is 1. The van der Waals surface area contributed by atoms with Gasteiger partial charge in [-0.1, -0.05) is 6.07 Å². The van der Waals surface area contributed by atoms with Crippen molar-refractivity contribution in [3.8, 4) is 0 Å². The summed E-state index contributed by atoms with van der Waals surface area (Å²) in [6, 6.07) is 5.83. The lowest BCUT2D eigenvalue weighted by atomic mass is 9.94. The number of aryl methyl sites for hydroxylation is 1. The highest BCUT2D eigenvalue weighted by atomic mass is 16.2. The molecule has 4 heteroatoms. The maximum atomic E-state index is 12.2. The maximum absolute atomic E-state index is 12.2. The average molecular weight is 261 g/mol. The van der Waals surface area contributed by atoms with Gasteiger partial charge < -0.3 is 10.6 Å². The molecular formula is C15H23N3O. The molecule has 1 atom stereocenters. The van der Waals surface area contributed by atoms with E-state index in [2.05, 4.69) is 4.98 Å². The van der Waals surface area contributed by atoms with Crippen molar-refractivity contribution in [2.75, 3.05) is 19.6 Å². The van der Waals surface area contributed by atoms with E-state index >= 15 is 0 Å². The summed E-state index contributed by atoms with van der Waals surface area (Å²) in [6.45, 7) is 2.51. The Hall–Kier alpha value is -1.42. The Kier molecular flexibility index (Phi) is 5.33. The Morgan fingerprint density at radius 1 is 1.47 bits per heavy atom. The van der Waals surface area contributed by atoms with Gasteiger partial charge in [0.05, 0.1) is 0 Å². The number of piperidine rings is 1. The summed E-state index contributed by atoms with van der Waals surface area (Å²) in [5, 5.41) is 0. The van der Waals surface area contributed by atoms with Crippen molar-refractivity contribution in [3.63, 3.8) is 0 Å². The van der Waals surface area contributed by atoms with Crippen LogP contribution in [0.4, 0.5) is 0 Å². The number of carbonyl (C=O) groups excluding carboxylic acids is 1. The summed E-state index contributed by atoms with van der Waals surface area (Å²) in [5.74, 6) is 0.852. The van der Waals surface area contributed by atoms with Gasteiger partial charge in [0.1, 0.15) is 0 Å². The third-order valence-electron chi connectivity index (χ3n) is 3.77. The molecule has 1 aliphatic heterocycles. The van der Waals surface area contributed by atoms with Crippen LogP contribution in [0.15, 0.2) is 24.4 Å². The van der Waals surface area contributed by atoms with E-state index in [1.807, 2.05) is 23.1 Å². The minimum Gasteiger partial charge on any atom is -0.342 e. The molecule has 2 heterocycles. The van der Waals surface area contributed by atoms with E-state index in [0.717, 1.165) is 44.6 Å². The number of nitrogens with two attached hydrogens (primary N) is 1. The molecule has 4 nitrogen and oxygen atoms in total. The fraction of sp³-hybridized carbons (Fsp3) is 0.600. The highest BCUT2D eigenvalue weighted by Gasteiger charge is 2.22. The van der Waals surface area contributed by atoms with Crippen molar-refractivity contribution in [1.82, 2.24) is 9.88 Å². The number of rotatable bonds is 5. The van der Waals surface area contributed by atoms with Crippen LogP contribution in [0, 0.1) is 5.92 Å². The van der Waals surface area contributed by atoms with Crippen molar-refractivity contribution in [1.29, 1.82) is 0 Å². The summed E-state index contributed by atoms with van der Waals surface area (Å²) < 4.78 is 0. The minimum absolute atomic E-state index is 0.257.